The lowest BCUT2D eigenvalue weighted by Crippen LogP contribution is -2.01. The maximum Gasteiger partial charge on any atom is 0.123 e. The van der Waals surface area contributed by atoms with Gasteiger partial charge in [0.2, 0.25) is 0 Å². The Morgan fingerprint density at radius 3 is 1.38 bits per heavy atom. The van der Waals surface area contributed by atoms with Crippen LogP contribution in [0.25, 0.3) is 0 Å². The minimum absolute atomic E-state index is 0.230. The second-order valence-corrected chi connectivity index (χ2v) is 5.54. The second-order valence-electron chi connectivity index (χ2n) is 5.54. The number of hydrogen-bond donors (Lipinski definition) is 2. The summed E-state index contributed by atoms with van der Waals surface area (Å²) in [5.41, 5.74) is 3.69. The molecule has 2 N–H and O–H groups in total. The Labute approximate surface area is 140 Å². The molecular weight excluding hydrogens is 306 g/mol. The van der Waals surface area contributed by atoms with Crippen molar-refractivity contribution in [1.29, 1.82) is 0 Å². The number of benzene rings is 3. The van der Waals surface area contributed by atoms with E-state index in [1.807, 2.05) is 36.4 Å². The van der Waals surface area contributed by atoms with E-state index in [-0.39, 0.29) is 11.6 Å². The molecule has 3 rings (SSSR count). The van der Waals surface area contributed by atoms with Crippen molar-refractivity contribution in [1.82, 2.24) is 0 Å². The zero-order valence-corrected chi connectivity index (χ0v) is 13.1. The Hall–Kier alpha value is -2.88. The van der Waals surface area contributed by atoms with Gasteiger partial charge in [-0.3, -0.25) is 0 Å². The lowest BCUT2D eigenvalue weighted by Gasteiger charge is -2.10. The van der Waals surface area contributed by atoms with E-state index in [1.165, 1.54) is 24.3 Å². The molecule has 0 radical (unpaired) electrons. The summed E-state index contributed by atoms with van der Waals surface area (Å²) in [7, 11) is 0. The maximum atomic E-state index is 13.1. The standard InChI is InChI=1S/C20H18F2N2/c21-17-5-1-3-15(11-17)13-23-19-7-9-20(10-8-19)24-14-16-4-2-6-18(22)12-16/h1-12,23-24H,13-14H2. The summed E-state index contributed by atoms with van der Waals surface area (Å²) < 4.78 is 26.3. The molecule has 0 saturated heterocycles. The van der Waals surface area contributed by atoms with Crippen molar-refractivity contribution in [3.8, 4) is 0 Å². The molecule has 0 saturated carbocycles. The van der Waals surface area contributed by atoms with E-state index in [2.05, 4.69) is 10.6 Å². The summed E-state index contributed by atoms with van der Waals surface area (Å²) in [6.45, 7) is 1.13. The average Bonchev–Trinajstić information content (AvgIpc) is 2.59. The molecule has 3 aromatic rings. The Morgan fingerprint density at radius 2 is 1.00 bits per heavy atom. The highest BCUT2D eigenvalue weighted by atomic mass is 19.1. The largest absolute Gasteiger partial charge is 0.381 e. The Morgan fingerprint density at radius 1 is 0.583 bits per heavy atom. The summed E-state index contributed by atoms with van der Waals surface area (Å²) >= 11 is 0. The third kappa shape index (κ3) is 4.56. The van der Waals surface area contributed by atoms with Crippen LogP contribution in [-0.4, -0.2) is 0 Å². The van der Waals surface area contributed by atoms with Crippen molar-refractivity contribution in [2.45, 2.75) is 13.1 Å². The monoisotopic (exact) mass is 324 g/mol. The molecule has 0 spiro atoms. The highest BCUT2D eigenvalue weighted by Crippen LogP contribution is 2.16. The quantitative estimate of drug-likeness (QED) is 0.652. The third-order valence-corrected chi connectivity index (χ3v) is 3.66. The van der Waals surface area contributed by atoms with Crippen LogP contribution in [0.4, 0.5) is 20.2 Å². The van der Waals surface area contributed by atoms with Crippen LogP contribution < -0.4 is 10.6 Å². The zero-order chi connectivity index (χ0) is 16.8. The summed E-state index contributed by atoms with van der Waals surface area (Å²) in [6, 6.07) is 20.9. The SMILES string of the molecule is Fc1cccc(CNc2ccc(NCc3cccc(F)c3)cc2)c1. The minimum atomic E-state index is -0.230. The second kappa shape index (κ2) is 7.59. The molecule has 24 heavy (non-hydrogen) atoms. The van der Waals surface area contributed by atoms with Gasteiger partial charge in [0.05, 0.1) is 0 Å². The topological polar surface area (TPSA) is 24.1 Å². The fraction of sp³-hybridized carbons (Fsp3) is 0.100. The van der Waals surface area contributed by atoms with Gasteiger partial charge in [0, 0.05) is 24.5 Å². The van der Waals surface area contributed by atoms with E-state index in [4.69, 9.17) is 0 Å². The van der Waals surface area contributed by atoms with Crippen LogP contribution in [0.15, 0.2) is 72.8 Å². The van der Waals surface area contributed by atoms with Crippen molar-refractivity contribution in [3.63, 3.8) is 0 Å². The van der Waals surface area contributed by atoms with Gasteiger partial charge in [-0.2, -0.15) is 0 Å². The van der Waals surface area contributed by atoms with E-state index in [0.29, 0.717) is 13.1 Å². The number of hydrogen-bond acceptors (Lipinski definition) is 2. The minimum Gasteiger partial charge on any atom is -0.381 e. The molecule has 0 amide bonds. The van der Waals surface area contributed by atoms with E-state index >= 15 is 0 Å². The summed E-state index contributed by atoms with van der Waals surface area (Å²) in [6.07, 6.45) is 0. The van der Waals surface area contributed by atoms with Crippen LogP contribution in [0.5, 0.6) is 0 Å². The van der Waals surface area contributed by atoms with Gasteiger partial charge in [-0.25, -0.2) is 8.78 Å². The Kier molecular flexibility index (Phi) is 5.06. The predicted molar refractivity (Wildman–Crippen MR) is 93.9 cm³/mol. The lowest BCUT2D eigenvalue weighted by atomic mass is 10.2. The number of nitrogens with one attached hydrogen (secondary N) is 2. The molecule has 0 aliphatic rings. The lowest BCUT2D eigenvalue weighted by molar-refractivity contribution is 0.625. The smallest absolute Gasteiger partial charge is 0.123 e. The van der Waals surface area contributed by atoms with Crippen molar-refractivity contribution in [2.75, 3.05) is 10.6 Å². The number of halogens is 2. The first-order chi connectivity index (χ1) is 11.7. The van der Waals surface area contributed by atoms with E-state index in [1.54, 1.807) is 12.1 Å². The fourth-order valence-corrected chi connectivity index (χ4v) is 2.41. The Balaban J connectivity index is 1.53. The predicted octanol–water partition coefficient (Wildman–Crippen LogP) is 5.19. The third-order valence-electron chi connectivity index (χ3n) is 3.66. The van der Waals surface area contributed by atoms with Crippen LogP contribution >= 0.6 is 0 Å². The maximum absolute atomic E-state index is 13.1. The molecule has 0 heterocycles. The first kappa shape index (κ1) is 16.0. The van der Waals surface area contributed by atoms with Crippen LogP contribution in [-0.2, 0) is 13.1 Å². The fourth-order valence-electron chi connectivity index (χ4n) is 2.41. The normalized spacial score (nSPS) is 10.4. The van der Waals surface area contributed by atoms with Gasteiger partial charge in [-0.05, 0) is 59.7 Å². The zero-order valence-electron chi connectivity index (χ0n) is 13.1. The van der Waals surface area contributed by atoms with Crippen molar-refractivity contribution >= 4 is 11.4 Å². The molecule has 2 nitrogen and oxygen atoms in total. The molecule has 0 fully saturated rings. The molecule has 0 unspecified atom stereocenters. The molecule has 0 aliphatic heterocycles. The van der Waals surface area contributed by atoms with Gasteiger partial charge in [-0.15, -0.1) is 0 Å². The molecule has 0 aliphatic carbocycles. The average molecular weight is 324 g/mol. The van der Waals surface area contributed by atoms with Gasteiger partial charge in [0.15, 0.2) is 0 Å². The first-order valence-corrected chi connectivity index (χ1v) is 7.76. The van der Waals surface area contributed by atoms with Gasteiger partial charge >= 0.3 is 0 Å². The first-order valence-electron chi connectivity index (χ1n) is 7.76. The molecule has 4 heteroatoms. The van der Waals surface area contributed by atoms with E-state index < -0.39 is 0 Å². The molecule has 122 valence electrons. The number of rotatable bonds is 6. The van der Waals surface area contributed by atoms with Gasteiger partial charge in [0.25, 0.3) is 0 Å². The van der Waals surface area contributed by atoms with Crippen LogP contribution in [0.3, 0.4) is 0 Å². The number of anilines is 2. The molecule has 3 aromatic carbocycles. The molecule has 0 bridgehead atoms. The van der Waals surface area contributed by atoms with E-state index in [0.717, 1.165) is 22.5 Å². The van der Waals surface area contributed by atoms with Gasteiger partial charge in [0.1, 0.15) is 11.6 Å². The Bertz CT molecular complexity index is 732. The van der Waals surface area contributed by atoms with Crippen molar-refractivity contribution < 1.29 is 8.78 Å². The van der Waals surface area contributed by atoms with Crippen LogP contribution in [0.1, 0.15) is 11.1 Å². The molecule has 0 aromatic heterocycles. The van der Waals surface area contributed by atoms with Crippen molar-refractivity contribution in [2.24, 2.45) is 0 Å². The van der Waals surface area contributed by atoms with Crippen LogP contribution in [0.2, 0.25) is 0 Å². The highest BCUT2D eigenvalue weighted by molar-refractivity contribution is 5.54. The summed E-state index contributed by atoms with van der Waals surface area (Å²) in [5, 5.41) is 6.51. The highest BCUT2D eigenvalue weighted by Gasteiger charge is 1.99. The molecular formula is C20H18F2N2. The summed E-state index contributed by atoms with van der Waals surface area (Å²) in [4.78, 5) is 0. The molecule has 0 atom stereocenters. The van der Waals surface area contributed by atoms with E-state index in [9.17, 15) is 8.78 Å². The summed E-state index contributed by atoms with van der Waals surface area (Å²) in [5.74, 6) is -0.461. The van der Waals surface area contributed by atoms with Crippen LogP contribution in [0, 0.1) is 11.6 Å². The van der Waals surface area contributed by atoms with Gasteiger partial charge < -0.3 is 10.6 Å². The van der Waals surface area contributed by atoms with Crippen molar-refractivity contribution in [3.05, 3.63) is 95.6 Å². The van der Waals surface area contributed by atoms with Gasteiger partial charge in [-0.1, -0.05) is 24.3 Å².